The third-order valence-electron chi connectivity index (χ3n) is 4.16. The van der Waals surface area contributed by atoms with Crippen LogP contribution in [0.15, 0.2) is 18.2 Å². The van der Waals surface area contributed by atoms with Crippen LogP contribution < -0.4 is 10.1 Å². The molecule has 1 aromatic rings. The largest absolute Gasteiger partial charge is 0.497 e. The van der Waals surface area contributed by atoms with Crippen molar-refractivity contribution in [2.75, 3.05) is 13.7 Å². The minimum atomic E-state index is 0.456. The predicted molar refractivity (Wildman–Crippen MR) is 88.9 cm³/mol. The van der Waals surface area contributed by atoms with Gasteiger partial charge in [-0.3, -0.25) is 0 Å². The van der Waals surface area contributed by atoms with Crippen LogP contribution in [0.4, 0.5) is 0 Å². The number of rotatable bonds is 6. The molecule has 0 saturated carbocycles. The van der Waals surface area contributed by atoms with E-state index >= 15 is 0 Å². The summed E-state index contributed by atoms with van der Waals surface area (Å²) in [6.45, 7) is 7.83. The van der Waals surface area contributed by atoms with Crippen molar-refractivity contribution >= 4 is 11.8 Å². The maximum Gasteiger partial charge on any atom is 0.119 e. The molecule has 112 valence electrons. The van der Waals surface area contributed by atoms with Crippen LogP contribution in [-0.2, 0) is 6.42 Å². The van der Waals surface area contributed by atoms with Gasteiger partial charge in [-0.25, -0.2) is 0 Å². The van der Waals surface area contributed by atoms with Crippen molar-refractivity contribution in [2.24, 2.45) is 0 Å². The Labute approximate surface area is 127 Å². The molecule has 0 aliphatic heterocycles. The highest BCUT2D eigenvalue weighted by Gasteiger charge is 2.30. The second kappa shape index (κ2) is 7.37. The van der Waals surface area contributed by atoms with Crippen LogP contribution in [-0.4, -0.2) is 24.2 Å². The van der Waals surface area contributed by atoms with E-state index in [9.17, 15) is 0 Å². The molecular formula is C17H27NOS. The maximum absolute atomic E-state index is 5.41. The molecular weight excluding hydrogens is 266 g/mol. The van der Waals surface area contributed by atoms with Crippen molar-refractivity contribution in [1.82, 2.24) is 5.32 Å². The van der Waals surface area contributed by atoms with Gasteiger partial charge < -0.3 is 10.1 Å². The summed E-state index contributed by atoms with van der Waals surface area (Å²) < 4.78 is 5.41. The van der Waals surface area contributed by atoms with Gasteiger partial charge in [0.25, 0.3) is 0 Å². The topological polar surface area (TPSA) is 21.3 Å². The van der Waals surface area contributed by atoms with Gasteiger partial charge in [0.2, 0.25) is 0 Å². The van der Waals surface area contributed by atoms with E-state index < -0.39 is 0 Å². The number of methoxy groups -OCH3 is 1. The van der Waals surface area contributed by atoms with E-state index in [4.69, 9.17) is 4.74 Å². The molecule has 0 amide bonds. The van der Waals surface area contributed by atoms with E-state index in [1.807, 2.05) is 0 Å². The van der Waals surface area contributed by atoms with Crippen molar-refractivity contribution in [1.29, 1.82) is 0 Å². The van der Waals surface area contributed by atoms with Gasteiger partial charge in [0.15, 0.2) is 0 Å². The number of fused-ring (bicyclic) bond motifs is 1. The van der Waals surface area contributed by atoms with E-state index in [0.29, 0.717) is 11.3 Å². The molecule has 2 rings (SSSR count). The normalized spacial score (nSPS) is 23.2. The second-order valence-corrected chi connectivity index (χ2v) is 7.21. The Morgan fingerprint density at radius 3 is 2.85 bits per heavy atom. The van der Waals surface area contributed by atoms with Crippen molar-refractivity contribution in [3.8, 4) is 5.75 Å². The lowest BCUT2D eigenvalue weighted by Gasteiger charge is -2.35. The van der Waals surface area contributed by atoms with Crippen LogP contribution in [0.25, 0.3) is 0 Å². The summed E-state index contributed by atoms with van der Waals surface area (Å²) in [5, 5.41) is 5.10. The number of nitrogens with one attached hydrogen (secondary N) is 1. The SMILES string of the molecule is CCNC1c2cc(OC)ccc2CCC1SC(C)CC. The van der Waals surface area contributed by atoms with Crippen LogP contribution in [0.5, 0.6) is 5.75 Å². The second-order valence-electron chi connectivity index (χ2n) is 5.53. The van der Waals surface area contributed by atoms with Crippen LogP contribution in [0.2, 0.25) is 0 Å². The van der Waals surface area contributed by atoms with Gasteiger partial charge in [0.1, 0.15) is 5.75 Å². The monoisotopic (exact) mass is 293 g/mol. The first-order chi connectivity index (χ1) is 9.69. The van der Waals surface area contributed by atoms with Crippen LogP contribution in [0, 0.1) is 0 Å². The van der Waals surface area contributed by atoms with Crippen molar-refractivity contribution in [3.05, 3.63) is 29.3 Å². The zero-order valence-corrected chi connectivity index (χ0v) is 13.9. The van der Waals surface area contributed by atoms with Crippen molar-refractivity contribution < 1.29 is 4.74 Å². The summed E-state index contributed by atoms with van der Waals surface area (Å²) in [4.78, 5) is 0. The molecule has 1 aromatic carbocycles. The molecule has 0 fully saturated rings. The van der Waals surface area contributed by atoms with E-state index in [1.54, 1.807) is 7.11 Å². The molecule has 3 atom stereocenters. The smallest absolute Gasteiger partial charge is 0.119 e. The van der Waals surface area contributed by atoms with Crippen LogP contribution >= 0.6 is 11.8 Å². The Kier molecular flexibility index (Phi) is 5.79. The molecule has 1 aliphatic carbocycles. The molecule has 3 unspecified atom stereocenters. The zero-order chi connectivity index (χ0) is 14.5. The third kappa shape index (κ3) is 3.50. The van der Waals surface area contributed by atoms with Gasteiger partial charge in [0, 0.05) is 16.5 Å². The first-order valence-corrected chi connectivity index (χ1v) is 8.69. The minimum Gasteiger partial charge on any atom is -0.497 e. The van der Waals surface area contributed by atoms with E-state index in [2.05, 4.69) is 56.0 Å². The number of ether oxygens (including phenoxy) is 1. The van der Waals surface area contributed by atoms with Crippen LogP contribution in [0.1, 0.15) is 50.8 Å². The molecule has 0 radical (unpaired) electrons. The fourth-order valence-corrected chi connectivity index (χ4v) is 4.33. The number of aryl methyl sites for hydroxylation is 1. The van der Waals surface area contributed by atoms with Gasteiger partial charge in [-0.2, -0.15) is 11.8 Å². The number of hydrogen-bond acceptors (Lipinski definition) is 3. The predicted octanol–water partition coefficient (Wildman–Crippen LogP) is 4.19. The van der Waals surface area contributed by atoms with Gasteiger partial charge in [-0.05, 0) is 49.1 Å². The standard InChI is InChI=1S/C17H27NOS/c1-5-12(3)20-16-10-8-13-7-9-14(19-4)11-15(13)17(16)18-6-2/h7,9,11-12,16-18H,5-6,8,10H2,1-4H3. The fourth-order valence-electron chi connectivity index (χ4n) is 2.88. The highest BCUT2D eigenvalue weighted by atomic mass is 32.2. The van der Waals surface area contributed by atoms with Crippen molar-refractivity contribution in [3.63, 3.8) is 0 Å². The van der Waals surface area contributed by atoms with Gasteiger partial charge >= 0.3 is 0 Å². The number of thioether (sulfide) groups is 1. The lowest BCUT2D eigenvalue weighted by molar-refractivity contribution is 0.410. The van der Waals surface area contributed by atoms with Gasteiger partial charge in [0.05, 0.1) is 7.11 Å². The Morgan fingerprint density at radius 2 is 2.20 bits per heavy atom. The molecule has 0 heterocycles. The summed E-state index contributed by atoms with van der Waals surface area (Å²) in [5.74, 6) is 0.973. The van der Waals surface area contributed by atoms with Crippen LogP contribution in [0.3, 0.4) is 0 Å². The molecule has 3 heteroatoms. The molecule has 1 aliphatic rings. The molecule has 0 spiro atoms. The Bertz CT molecular complexity index is 435. The summed E-state index contributed by atoms with van der Waals surface area (Å²) in [5.41, 5.74) is 2.93. The van der Waals surface area contributed by atoms with E-state index in [-0.39, 0.29) is 0 Å². The molecule has 1 N–H and O–H groups in total. The number of hydrogen-bond donors (Lipinski definition) is 1. The maximum atomic E-state index is 5.41. The lowest BCUT2D eigenvalue weighted by Crippen LogP contribution is -2.35. The Morgan fingerprint density at radius 1 is 1.40 bits per heavy atom. The number of benzene rings is 1. The first-order valence-electron chi connectivity index (χ1n) is 7.75. The molecule has 0 saturated heterocycles. The van der Waals surface area contributed by atoms with E-state index in [1.165, 1.54) is 30.4 Å². The third-order valence-corrected chi connectivity index (χ3v) is 5.82. The Balaban J connectivity index is 2.25. The van der Waals surface area contributed by atoms with Gasteiger partial charge in [-0.15, -0.1) is 0 Å². The molecule has 0 aromatic heterocycles. The highest BCUT2D eigenvalue weighted by molar-refractivity contribution is 8.00. The first kappa shape index (κ1) is 15.7. The van der Waals surface area contributed by atoms with Gasteiger partial charge in [-0.1, -0.05) is 26.8 Å². The fraction of sp³-hybridized carbons (Fsp3) is 0.647. The summed E-state index contributed by atoms with van der Waals surface area (Å²) in [7, 11) is 1.75. The minimum absolute atomic E-state index is 0.456. The molecule has 0 bridgehead atoms. The molecule has 20 heavy (non-hydrogen) atoms. The lowest BCUT2D eigenvalue weighted by atomic mass is 9.87. The zero-order valence-electron chi connectivity index (χ0n) is 13.1. The average molecular weight is 293 g/mol. The quantitative estimate of drug-likeness (QED) is 0.849. The summed E-state index contributed by atoms with van der Waals surface area (Å²) in [6.07, 6.45) is 3.70. The Hall–Kier alpha value is -0.670. The summed E-state index contributed by atoms with van der Waals surface area (Å²) >= 11 is 2.14. The highest BCUT2D eigenvalue weighted by Crippen LogP contribution is 2.40. The van der Waals surface area contributed by atoms with E-state index in [0.717, 1.165) is 17.5 Å². The molecule has 2 nitrogen and oxygen atoms in total. The van der Waals surface area contributed by atoms with Crippen molar-refractivity contribution in [2.45, 2.75) is 56.6 Å². The summed E-state index contributed by atoms with van der Waals surface area (Å²) in [6, 6.07) is 7.01. The average Bonchev–Trinajstić information content (AvgIpc) is 2.49.